The first-order chi connectivity index (χ1) is 9.10. The van der Waals surface area contributed by atoms with Crippen LogP contribution < -0.4 is 15.4 Å². The van der Waals surface area contributed by atoms with Gasteiger partial charge in [0, 0.05) is 18.3 Å². The van der Waals surface area contributed by atoms with E-state index >= 15 is 0 Å². The van der Waals surface area contributed by atoms with Crippen molar-refractivity contribution in [1.29, 1.82) is 0 Å². The summed E-state index contributed by atoms with van der Waals surface area (Å²) in [6, 6.07) is 5.97. The number of hydrogen-bond acceptors (Lipinski definition) is 4. The monoisotopic (exact) mass is 263 g/mol. The highest BCUT2D eigenvalue weighted by atomic mass is 16.5. The van der Waals surface area contributed by atoms with Crippen LogP contribution in [0.15, 0.2) is 18.2 Å². The average Bonchev–Trinajstić information content (AvgIpc) is 2.37. The van der Waals surface area contributed by atoms with Crippen LogP contribution in [0.3, 0.4) is 0 Å². The summed E-state index contributed by atoms with van der Waals surface area (Å²) in [7, 11) is 4.23. The summed E-state index contributed by atoms with van der Waals surface area (Å²) in [6.45, 7) is 5.31. The van der Waals surface area contributed by atoms with Gasteiger partial charge in [-0.2, -0.15) is 0 Å². The second kappa shape index (κ2) is 6.15. The first-order valence-corrected chi connectivity index (χ1v) is 7.06. The Kier molecular flexibility index (Phi) is 4.53. The van der Waals surface area contributed by atoms with E-state index in [1.807, 2.05) is 12.1 Å². The lowest BCUT2D eigenvalue weighted by molar-refractivity contribution is 0.189. The first kappa shape index (κ1) is 14.0. The van der Waals surface area contributed by atoms with Crippen LogP contribution in [0.4, 0.5) is 11.4 Å². The minimum atomic E-state index is 0.272. The van der Waals surface area contributed by atoms with E-state index in [-0.39, 0.29) is 6.10 Å². The van der Waals surface area contributed by atoms with E-state index in [4.69, 9.17) is 10.5 Å². The fourth-order valence-corrected chi connectivity index (χ4v) is 2.45. The summed E-state index contributed by atoms with van der Waals surface area (Å²) >= 11 is 0. The maximum Gasteiger partial charge on any atom is 0.145 e. The van der Waals surface area contributed by atoms with Crippen LogP contribution in [0.2, 0.25) is 0 Å². The molecule has 1 aliphatic heterocycles. The molecule has 19 heavy (non-hydrogen) atoms. The number of nitrogens with two attached hydrogens (primary N) is 1. The van der Waals surface area contributed by atoms with Gasteiger partial charge >= 0.3 is 0 Å². The molecule has 0 saturated heterocycles. The van der Waals surface area contributed by atoms with Crippen molar-refractivity contribution in [3.63, 3.8) is 0 Å². The molecule has 1 aliphatic rings. The molecule has 0 spiro atoms. The Bertz CT molecular complexity index is 420. The predicted molar refractivity (Wildman–Crippen MR) is 80.9 cm³/mol. The summed E-state index contributed by atoms with van der Waals surface area (Å²) < 4.78 is 5.99. The zero-order chi connectivity index (χ0) is 13.8. The van der Waals surface area contributed by atoms with Gasteiger partial charge in [-0.05, 0) is 45.6 Å². The van der Waals surface area contributed by atoms with Crippen molar-refractivity contribution in [2.24, 2.45) is 0 Å². The van der Waals surface area contributed by atoms with Gasteiger partial charge in [0.15, 0.2) is 0 Å². The number of ether oxygens (including phenoxy) is 1. The molecule has 0 fully saturated rings. The van der Waals surface area contributed by atoms with Crippen LogP contribution in [0.5, 0.6) is 5.75 Å². The highest BCUT2D eigenvalue weighted by molar-refractivity contribution is 5.65. The third-order valence-electron chi connectivity index (χ3n) is 3.53. The van der Waals surface area contributed by atoms with Crippen molar-refractivity contribution < 1.29 is 4.74 Å². The average molecular weight is 263 g/mol. The third-order valence-corrected chi connectivity index (χ3v) is 3.53. The van der Waals surface area contributed by atoms with Crippen LogP contribution in [-0.2, 0) is 0 Å². The molecule has 0 saturated carbocycles. The molecule has 0 radical (unpaired) electrons. The Labute approximate surface area is 116 Å². The van der Waals surface area contributed by atoms with E-state index in [1.54, 1.807) is 0 Å². The molecule has 1 aromatic carbocycles. The summed E-state index contributed by atoms with van der Waals surface area (Å²) in [5, 5.41) is 0. The van der Waals surface area contributed by atoms with Crippen LogP contribution in [0.25, 0.3) is 0 Å². The van der Waals surface area contributed by atoms with E-state index in [9.17, 15) is 0 Å². The third kappa shape index (κ3) is 3.53. The van der Waals surface area contributed by atoms with E-state index in [0.717, 1.165) is 43.9 Å². The number of benzene rings is 1. The van der Waals surface area contributed by atoms with Crippen LogP contribution in [-0.4, -0.2) is 44.7 Å². The Morgan fingerprint density at radius 1 is 1.42 bits per heavy atom. The van der Waals surface area contributed by atoms with Crippen LogP contribution in [0, 0.1) is 0 Å². The SMILES string of the molecule is CCC1CN(CCCN(C)C)c2ccc(N)cc2O1. The van der Waals surface area contributed by atoms with Crippen molar-refractivity contribution >= 4 is 11.4 Å². The molecule has 4 nitrogen and oxygen atoms in total. The smallest absolute Gasteiger partial charge is 0.145 e. The number of rotatable bonds is 5. The normalized spacial score (nSPS) is 18.3. The van der Waals surface area contributed by atoms with E-state index < -0.39 is 0 Å². The van der Waals surface area contributed by atoms with E-state index in [1.165, 1.54) is 5.69 Å². The fourth-order valence-electron chi connectivity index (χ4n) is 2.45. The zero-order valence-electron chi connectivity index (χ0n) is 12.2. The molecule has 4 heteroatoms. The number of hydrogen-bond donors (Lipinski definition) is 1. The molecule has 1 aromatic rings. The summed E-state index contributed by atoms with van der Waals surface area (Å²) in [4.78, 5) is 4.65. The second-order valence-corrected chi connectivity index (χ2v) is 5.48. The Balaban J connectivity index is 2.10. The lowest BCUT2D eigenvalue weighted by Crippen LogP contribution is -2.40. The highest BCUT2D eigenvalue weighted by Gasteiger charge is 2.24. The summed E-state index contributed by atoms with van der Waals surface area (Å²) in [6.07, 6.45) is 2.46. The first-order valence-electron chi connectivity index (χ1n) is 7.06. The molecule has 2 N–H and O–H groups in total. The molecular formula is C15H25N3O. The van der Waals surface area contributed by atoms with Crippen molar-refractivity contribution in [3.05, 3.63) is 18.2 Å². The Hall–Kier alpha value is -1.42. The van der Waals surface area contributed by atoms with Crippen molar-refractivity contribution in [1.82, 2.24) is 4.90 Å². The van der Waals surface area contributed by atoms with Crippen molar-refractivity contribution in [2.45, 2.75) is 25.9 Å². The molecule has 1 heterocycles. The van der Waals surface area contributed by atoms with Gasteiger partial charge in [-0.25, -0.2) is 0 Å². The molecule has 0 amide bonds. The Morgan fingerprint density at radius 3 is 2.89 bits per heavy atom. The zero-order valence-corrected chi connectivity index (χ0v) is 12.2. The molecule has 1 unspecified atom stereocenters. The fraction of sp³-hybridized carbons (Fsp3) is 0.600. The number of nitrogen functional groups attached to an aromatic ring is 1. The van der Waals surface area contributed by atoms with Crippen LogP contribution in [0.1, 0.15) is 19.8 Å². The molecule has 106 valence electrons. The number of anilines is 2. The minimum Gasteiger partial charge on any atom is -0.486 e. The van der Waals surface area contributed by atoms with Gasteiger partial charge in [-0.15, -0.1) is 0 Å². The second-order valence-electron chi connectivity index (χ2n) is 5.48. The van der Waals surface area contributed by atoms with Crippen molar-refractivity contribution in [2.75, 3.05) is 44.4 Å². The predicted octanol–water partition coefficient (Wildman–Crippen LogP) is 2.20. The maximum absolute atomic E-state index is 5.99. The van der Waals surface area contributed by atoms with E-state index in [0.29, 0.717) is 0 Å². The molecule has 0 aliphatic carbocycles. The standard InChI is InChI=1S/C15H25N3O/c1-4-13-11-18(9-5-8-17(2)3)14-7-6-12(16)10-15(14)19-13/h6-7,10,13H,4-5,8-9,11,16H2,1-3H3. The summed E-state index contributed by atoms with van der Waals surface area (Å²) in [5.41, 5.74) is 7.79. The van der Waals surface area contributed by atoms with Gasteiger partial charge in [-0.1, -0.05) is 6.92 Å². The molecule has 1 atom stereocenters. The lowest BCUT2D eigenvalue weighted by Gasteiger charge is -2.36. The molecule has 0 bridgehead atoms. The molecule has 0 aromatic heterocycles. The summed E-state index contributed by atoms with van der Waals surface area (Å²) in [5.74, 6) is 0.933. The van der Waals surface area contributed by atoms with Crippen molar-refractivity contribution in [3.8, 4) is 5.75 Å². The largest absolute Gasteiger partial charge is 0.486 e. The topological polar surface area (TPSA) is 41.7 Å². The van der Waals surface area contributed by atoms with Gasteiger partial charge in [0.2, 0.25) is 0 Å². The van der Waals surface area contributed by atoms with Gasteiger partial charge in [0.05, 0.1) is 12.2 Å². The van der Waals surface area contributed by atoms with Gasteiger partial charge in [0.1, 0.15) is 11.9 Å². The highest BCUT2D eigenvalue weighted by Crippen LogP contribution is 2.35. The maximum atomic E-state index is 5.99. The van der Waals surface area contributed by atoms with Gasteiger partial charge in [0.25, 0.3) is 0 Å². The Morgan fingerprint density at radius 2 is 2.21 bits per heavy atom. The molecule has 2 rings (SSSR count). The molecular weight excluding hydrogens is 238 g/mol. The van der Waals surface area contributed by atoms with Gasteiger partial charge < -0.3 is 20.3 Å². The minimum absolute atomic E-state index is 0.272. The quantitative estimate of drug-likeness (QED) is 0.827. The number of fused-ring (bicyclic) bond motifs is 1. The lowest BCUT2D eigenvalue weighted by atomic mass is 10.1. The van der Waals surface area contributed by atoms with Gasteiger partial charge in [-0.3, -0.25) is 0 Å². The van der Waals surface area contributed by atoms with Crippen LogP contribution >= 0.6 is 0 Å². The number of nitrogens with zero attached hydrogens (tertiary/aromatic N) is 2. The van der Waals surface area contributed by atoms with E-state index in [2.05, 4.69) is 36.9 Å².